The fourth-order valence-corrected chi connectivity index (χ4v) is 4.69. The maximum Gasteiger partial charge on any atom is 0.218 e. The highest BCUT2D eigenvalue weighted by Gasteiger charge is 2.30. The van der Waals surface area contributed by atoms with Crippen LogP contribution in [0.1, 0.15) is 28.2 Å². The van der Waals surface area contributed by atoms with Crippen LogP contribution < -0.4 is 4.90 Å². The van der Waals surface area contributed by atoms with Gasteiger partial charge in [0.25, 0.3) is 0 Å². The van der Waals surface area contributed by atoms with E-state index in [1.54, 1.807) is 4.31 Å². The van der Waals surface area contributed by atoms with Crippen molar-refractivity contribution in [2.24, 2.45) is 0 Å². The number of aryl methyl sites for hydroxylation is 2. The highest BCUT2D eigenvalue weighted by atomic mass is 32.2. The number of aromatic nitrogens is 2. The van der Waals surface area contributed by atoms with Crippen LogP contribution in [0.15, 0.2) is 24.3 Å². The summed E-state index contributed by atoms with van der Waals surface area (Å²) in [5.41, 5.74) is 3.75. The summed E-state index contributed by atoms with van der Waals surface area (Å²) in [5, 5.41) is 0. The van der Waals surface area contributed by atoms with Crippen LogP contribution in [0.25, 0.3) is 0 Å². The summed E-state index contributed by atoms with van der Waals surface area (Å²) in [6, 6.07) is 7.65. The minimum atomic E-state index is -3.38. The summed E-state index contributed by atoms with van der Waals surface area (Å²) in [6.45, 7) is 4.59. The van der Waals surface area contributed by atoms with Crippen molar-refractivity contribution in [3.05, 3.63) is 52.5 Å². The van der Waals surface area contributed by atoms with Crippen LogP contribution in [0.5, 0.6) is 0 Å². The number of benzene rings is 1. The van der Waals surface area contributed by atoms with Gasteiger partial charge in [-0.1, -0.05) is 29.8 Å². The highest BCUT2D eigenvalue weighted by molar-refractivity contribution is 7.88. The van der Waals surface area contributed by atoms with Crippen molar-refractivity contribution in [2.45, 2.75) is 32.6 Å². The van der Waals surface area contributed by atoms with E-state index in [-0.39, 0.29) is 5.75 Å². The lowest BCUT2D eigenvalue weighted by atomic mass is 10.1. The van der Waals surface area contributed by atoms with Crippen molar-refractivity contribution in [3.63, 3.8) is 0 Å². The molecule has 1 aromatic carbocycles. The molecule has 1 aliphatic heterocycles. The molecule has 0 saturated heterocycles. The molecule has 0 bridgehead atoms. The maximum absolute atomic E-state index is 12.9. The Balaban J connectivity index is 1.87. The van der Waals surface area contributed by atoms with Gasteiger partial charge in [0.15, 0.2) is 0 Å². The van der Waals surface area contributed by atoms with E-state index in [2.05, 4.69) is 9.97 Å². The van der Waals surface area contributed by atoms with E-state index >= 15 is 0 Å². The standard InChI is InChI=1S/C18H24N4O2S/c1-13-6-5-7-15(10-13)12-25(23,24)22-9-8-16-17(11-22)19-14(2)20-18(16)21(3)4/h5-7,10H,8-9,11-12H2,1-4H3. The molecule has 0 N–H and O–H groups in total. The first-order valence-corrected chi connectivity index (χ1v) is 9.94. The van der Waals surface area contributed by atoms with Gasteiger partial charge in [-0.05, 0) is 25.8 Å². The summed E-state index contributed by atoms with van der Waals surface area (Å²) in [4.78, 5) is 11.0. The van der Waals surface area contributed by atoms with Crippen LogP contribution in [0.4, 0.5) is 5.82 Å². The Labute approximate surface area is 149 Å². The second-order valence-corrected chi connectivity index (χ2v) is 8.71. The van der Waals surface area contributed by atoms with E-state index in [1.165, 1.54) is 0 Å². The minimum Gasteiger partial charge on any atom is -0.362 e. The number of hydrogen-bond acceptors (Lipinski definition) is 5. The zero-order valence-corrected chi connectivity index (χ0v) is 16.0. The van der Waals surface area contributed by atoms with Crippen LogP contribution in [0.2, 0.25) is 0 Å². The van der Waals surface area contributed by atoms with Gasteiger partial charge in [0.2, 0.25) is 10.0 Å². The molecule has 1 aromatic heterocycles. The Hall–Kier alpha value is -1.99. The summed E-state index contributed by atoms with van der Waals surface area (Å²) >= 11 is 0. The smallest absolute Gasteiger partial charge is 0.218 e. The van der Waals surface area contributed by atoms with E-state index in [1.807, 2.05) is 57.1 Å². The summed E-state index contributed by atoms with van der Waals surface area (Å²) in [6.07, 6.45) is 0.635. The van der Waals surface area contributed by atoms with Gasteiger partial charge in [0, 0.05) is 26.2 Å². The average Bonchev–Trinajstić information content (AvgIpc) is 2.52. The largest absolute Gasteiger partial charge is 0.362 e. The quantitative estimate of drug-likeness (QED) is 0.835. The van der Waals surface area contributed by atoms with Crippen molar-refractivity contribution in [1.29, 1.82) is 0 Å². The molecule has 0 amide bonds. The molecule has 0 aliphatic carbocycles. The first kappa shape index (κ1) is 17.8. The third-order valence-corrected chi connectivity index (χ3v) is 6.17. The van der Waals surface area contributed by atoms with Crippen LogP contribution in [-0.2, 0) is 28.7 Å². The monoisotopic (exact) mass is 360 g/mol. The van der Waals surface area contributed by atoms with Crippen LogP contribution in [0.3, 0.4) is 0 Å². The average molecular weight is 360 g/mol. The first-order valence-electron chi connectivity index (χ1n) is 8.33. The lowest BCUT2D eigenvalue weighted by molar-refractivity contribution is 0.383. The van der Waals surface area contributed by atoms with E-state index in [9.17, 15) is 8.42 Å². The van der Waals surface area contributed by atoms with Gasteiger partial charge in [0.05, 0.1) is 18.0 Å². The Morgan fingerprint density at radius 3 is 2.64 bits per heavy atom. The molecule has 25 heavy (non-hydrogen) atoms. The molecule has 0 radical (unpaired) electrons. The van der Waals surface area contributed by atoms with Crippen molar-refractivity contribution in [2.75, 3.05) is 25.5 Å². The SMILES string of the molecule is Cc1cccc(CS(=O)(=O)N2CCc3c(nc(C)nc3N(C)C)C2)c1. The van der Waals surface area contributed by atoms with Gasteiger partial charge in [-0.2, -0.15) is 4.31 Å². The van der Waals surface area contributed by atoms with Crippen molar-refractivity contribution >= 4 is 15.8 Å². The summed E-state index contributed by atoms with van der Waals surface area (Å²) in [7, 11) is 0.512. The molecule has 0 spiro atoms. The zero-order chi connectivity index (χ0) is 18.2. The molecule has 0 unspecified atom stereocenters. The lowest BCUT2D eigenvalue weighted by Gasteiger charge is -2.30. The van der Waals surface area contributed by atoms with Crippen LogP contribution in [0, 0.1) is 13.8 Å². The predicted octanol–water partition coefficient (Wildman–Crippen LogP) is 2.05. The third-order valence-electron chi connectivity index (χ3n) is 4.37. The second-order valence-electron chi connectivity index (χ2n) is 6.74. The molecule has 3 rings (SSSR count). The summed E-state index contributed by atoms with van der Waals surface area (Å²) < 4.78 is 27.2. The van der Waals surface area contributed by atoms with Crippen LogP contribution >= 0.6 is 0 Å². The van der Waals surface area contributed by atoms with E-state index < -0.39 is 10.0 Å². The number of nitrogens with zero attached hydrogens (tertiary/aromatic N) is 4. The molecule has 134 valence electrons. The number of rotatable bonds is 4. The number of hydrogen-bond donors (Lipinski definition) is 0. The molecule has 0 fully saturated rings. The molecular formula is C18H24N4O2S. The number of sulfonamides is 1. The normalized spacial score (nSPS) is 15.0. The Kier molecular flexibility index (Phi) is 4.79. The van der Waals surface area contributed by atoms with Gasteiger partial charge < -0.3 is 4.90 Å². The Morgan fingerprint density at radius 1 is 1.20 bits per heavy atom. The van der Waals surface area contributed by atoms with Crippen LogP contribution in [-0.4, -0.2) is 43.3 Å². The molecule has 6 nitrogen and oxygen atoms in total. The molecule has 7 heteroatoms. The Morgan fingerprint density at radius 2 is 1.96 bits per heavy atom. The second kappa shape index (κ2) is 6.72. The topological polar surface area (TPSA) is 66.4 Å². The number of anilines is 1. The van der Waals surface area contributed by atoms with Crippen molar-refractivity contribution in [3.8, 4) is 0 Å². The fourth-order valence-electron chi connectivity index (χ4n) is 3.22. The third kappa shape index (κ3) is 3.82. The molecule has 1 aliphatic rings. The van der Waals surface area contributed by atoms with Gasteiger partial charge in [0.1, 0.15) is 11.6 Å². The van der Waals surface area contributed by atoms with Gasteiger partial charge in [-0.3, -0.25) is 0 Å². The van der Waals surface area contributed by atoms with E-state index in [0.29, 0.717) is 25.3 Å². The fraction of sp³-hybridized carbons (Fsp3) is 0.444. The zero-order valence-electron chi connectivity index (χ0n) is 15.2. The lowest BCUT2D eigenvalue weighted by Crippen LogP contribution is -2.38. The highest BCUT2D eigenvalue weighted by Crippen LogP contribution is 2.27. The Bertz CT molecular complexity index is 894. The number of fused-ring (bicyclic) bond motifs is 1. The van der Waals surface area contributed by atoms with Crippen molar-refractivity contribution in [1.82, 2.24) is 14.3 Å². The predicted molar refractivity (Wildman–Crippen MR) is 99.0 cm³/mol. The van der Waals surface area contributed by atoms with Gasteiger partial charge in [-0.15, -0.1) is 0 Å². The molecular weight excluding hydrogens is 336 g/mol. The van der Waals surface area contributed by atoms with Gasteiger partial charge >= 0.3 is 0 Å². The molecule has 2 heterocycles. The van der Waals surface area contributed by atoms with E-state index in [4.69, 9.17) is 0 Å². The minimum absolute atomic E-state index is 0.0224. The summed E-state index contributed by atoms with van der Waals surface area (Å²) in [5.74, 6) is 1.58. The van der Waals surface area contributed by atoms with Gasteiger partial charge in [-0.25, -0.2) is 18.4 Å². The molecule has 0 atom stereocenters. The maximum atomic E-state index is 12.9. The van der Waals surface area contributed by atoms with Crippen molar-refractivity contribution < 1.29 is 8.42 Å². The first-order chi connectivity index (χ1) is 11.8. The molecule has 2 aromatic rings. The molecule has 0 saturated carbocycles. The van der Waals surface area contributed by atoms with E-state index in [0.717, 1.165) is 28.2 Å².